The second-order valence-electron chi connectivity index (χ2n) is 6.15. The van der Waals surface area contributed by atoms with Gasteiger partial charge in [-0.25, -0.2) is 0 Å². The van der Waals surface area contributed by atoms with Crippen LogP contribution in [0.25, 0.3) is 21.4 Å². The molecule has 0 radical (unpaired) electrons. The molecule has 0 atom stereocenters. The van der Waals surface area contributed by atoms with Crippen molar-refractivity contribution in [2.75, 3.05) is 50.2 Å². The maximum Gasteiger partial charge on any atom is 0.301 e. The van der Waals surface area contributed by atoms with Crippen LogP contribution in [0.1, 0.15) is 0 Å². The van der Waals surface area contributed by atoms with Crippen molar-refractivity contribution >= 4 is 33.3 Å². The number of aromatic nitrogens is 1. The van der Waals surface area contributed by atoms with Crippen molar-refractivity contribution in [1.82, 2.24) is 4.98 Å². The number of benzene rings is 1. The summed E-state index contributed by atoms with van der Waals surface area (Å²) in [5.74, 6) is 0. The molecule has 0 saturated carbocycles. The lowest BCUT2D eigenvalue weighted by Crippen LogP contribution is -2.37. The number of fused-ring (bicyclic) bond motifs is 1. The summed E-state index contributed by atoms with van der Waals surface area (Å²) in [6.45, 7) is 2.59. The number of anilines is 2. The highest BCUT2D eigenvalue weighted by molar-refractivity contribution is 7.17. The normalized spacial score (nSPS) is 14.9. The molecule has 3 heterocycles. The number of hydrogen-bond donors (Lipinski definition) is 0. The number of hydrogen-bond acceptors (Lipinski definition) is 7. The van der Waals surface area contributed by atoms with Gasteiger partial charge in [0.1, 0.15) is 4.70 Å². The van der Waals surface area contributed by atoms with E-state index in [9.17, 15) is 4.79 Å². The van der Waals surface area contributed by atoms with Gasteiger partial charge in [0.05, 0.1) is 13.2 Å². The monoisotopic (exact) mass is 357 g/mol. The lowest BCUT2D eigenvalue weighted by atomic mass is 10.1. The molecular weight excluding hydrogens is 338 g/mol. The molecule has 0 bridgehead atoms. The molecule has 7 heteroatoms. The van der Waals surface area contributed by atoms with Crippen LogP contribution in [0, 0.1) is 0 Å². The largest absolute Gasteiger partial charge is 0.423 e. The van der Waals surface area contributed by atoms with Gasteiger partial charge in [-0.05, 0) is 17.7 Å². The maximum atomic E-state index is 12.4. The van der Waals surface area contributed by atoms with Gasteiger partial charge < -0.3 is 19.0 Å². The molecule has 0 amide bonds. The number of ether oxygens (including phenoxy) is 1. The summed E-state index contributed by atoms with van der Waals surface area (Å²) < 4.78 is 12.0. The van der Waals surface area contributed by atoms with Gasteiger partial charge in [0.2, 0.25) is 0 Å². The van der Waals surface area contributed by atoms with Crippen LogP contribution in [-0.4, -0.2) is 45.4 Å². The summed E-state index contributed by atoms with van der Waals surface area (Å²) in [4.78, 5) is 20.5. The van der Waals surface area contributed by atoms with Gasteiger partial charge in [-0.3, -0.25) is 4.79 Å². The Morgan fingerprint density at radius 1 is 1.16 bits per heavy atom. The average molecular weight is 357 g/mol. The van der Waals surface area contributed by atoms with Crippen molar-refractivity contribution in [1.29, 1.82) is 0 Å². The highest BCUT2D eigenvalue weighted by Gasteiger charge is 2.19. The number of nitrogens with zero attached hydrogens (tertiary/aromatic N) is 3. The molecule has 1 aliphatic rings. The fraction of sp³-hybridized carbons (Fsp3) is 0.333. The van der Waals surface area contributed by atoms with Crippen molar-refractivity contribution in [2.45, 2.75) is 0 Å². The Hall–Kier alpha value is -2.38. The molecule has 1 saturated heterocycles. The lowest BCUT2D eigenvalue weighted by molar-refractivity contribution is 0.120. The maximum absolute atomic E-state index is 12.4. The number of thiophene rings is 1. The van der Waals surface area contributed by atoms with Gasteiger partial charge in [-0.1, -0.05) is 12.1 Å². The first-order chi connectivity index (χ1) is 12.1. The molecule has 0 N–H and O–H groups in total. The van der Waals surface area contributed by atoms with E-state index in [2.05, 4.69) is 22.0 Å². The van der Waals surface area contributed by atoms with E-state index in [1.165, 1.54) is 11.3 Å². The second kappa shape index (κ2) is 6.50. The first-order valence-electron chi connectivity index (χ1n) is 8.16. The molecule has 6 nitrogen and oxygen atoms in total. The average Bonchev–Trinajstić information content (AvgIpc) is 3.07. The summed E-state index contributed by atoms with van der Waals surface area (Å²) in [7, 11) is 4.02. The van der Waals surface area contributed by atoms with E-state index in [1.54, 1.807) is 0 Å². The molecule has 0 spiro atoms. The smallest absolute Gasteiger partial charge is 0.301 e. The minimum atomic E-state index is -0.232. The Balaban J connectivity index is 1.79. The summed E-state index contributed by atoms with van der Waals surface area (Å²) >= 11 is 1.38. The van der Waals surface area contributed by atoms with Gasteiger partial charge in [-0.15, -0.1) is 11.3 Å². The van der Waals surface area contributed by atoms with Crippen LogP contribution >= 0.6 is 11.3 Å². The van der Waals surface area contributed by atoms with Gasteiger partial charge in [-0.2, -0.15) is 4.98 Å². The fourth-order valence-corrected chi connectivity index (χ4v) is 3.76. The molecule has 3 aromatic rings. The van der Waals surface area contributed by atoms with E-state index in [1.807, 2.05) is 36.5 Å². The minimum absolute atomic E-state index is 0.232. The standard InChI is InChI=1S/C18H19N3O3S/c1-20(2)13-5-3-12(4-6-13)14-11-25-16-15(14)24-18(19-17(16)22)21-7-9-23-10-8-21/h3-6,11H,7-10H2,1-2H3. The van der Waals surface area contributed by atoms with Gasteiger partial charge >= 0.3 is 6.01 Å². The van der Waals surface area contributed by atoms with E-state index >= 15 is 0 Å². The van der Waals surface area contributed by atoms with Crippen LogP contribution in [0.4, 0.5) is 11.7 Å². The Morgan fingerprint density at radius 2 is 1.88 bits per heavy atom. The van der Waals surface area contributed by atoms with Crippen molar-refractivity contribution in [3.8, 4) is 11.1 Å². The summed E-state index contributed by atoms with van der Waals surface area (Å²) in [5.41, 5.74) is 3.46. The lowest BCUT2D eigenvalue weighted by Gasteiger charge is -2.25. The molecule has 4 rings (SSSR count). The highest BCUT2D eigenvalue weighted by atomic mass is 32.1. The zero-order valence-corrected chi connectivity index (χ0v) is 15.0. The summed E-state index contributed by atoms with van der Waals surface area (Å²) in [5, 5.41) is 1.96. The second-order valence-corrected chi connectivity index (χ2v) is 7.03. The molecule has 1 fully saturated rings. The Morgan fingerprint density at radius 3 is 2.56 bits per heavy atom. The van der Waals surface area contributed by atoms with E-state index in [0.717, 1.165) is 16.8 Å². The van der Waals surface area contributed by atoms with Crippen LogP contribution in [0.3, 0.4) is 0 Å². The van der Waals surface area contributed by atoms with E-state index in [0.29, 0.717) is 42.6 Å². The zero-order chi connectivity index (χ0) is 17.4. The van der Waals surface area contributed by atoms with Crippen molar-refractivity contribution in [3.63, 3.8) is 0 Å². The Bertz CT molecular complexity index is 940. The van der Waals surface area contributed by atoms with E-state index in [-0.39, 0.29) is 5.56 Å². The molecule has 1 aromatic carbocycles. The first-order valence-corrected chi connectivity index (χ1v) is 9.04. The zero-order valence-electron chi connectivity index (χ0n) is 14.2. The minimum Gasteiger partial charge on any atom is -0.423 e. The van der Waals surface area contributed by atoms with Crippen LogP contribution in [-0.2, 0) is 4.74 Å². The van der Waals surface area contributed by atoms with Crippen LogP contribution in [0.5, 0.6) is 0 Å². The van der Waals surface area contributed by atoms with E-state index < -0.39 is 0 Å². The molecule has 0 aliphatic carbocycles. The fourth-order valence-electron chi connectivity index (χ4n) is 2.88. The molecule has 130 valence electrons. The third kappa shape index (κ3) is 3.01. The first kappa shape index (κ1) is 16.1. The summed E-state index contributed by atoms with van der Waals surface area (Å²) in [6.07, 6.45) is 0. The third-order valence-corrected chi connectivity index (χ3v) is 5.26. The van der Waals surface area contributed by atoms with Crippen molar-refractivity contribution in [2.24, 2.45) is 0 Å². The Kier molecular flexibility index (Phi) is 4.19. The predicted molar refractivity (Wildman–Crippen MR) is 101 cm³/mol. The number of morpholine rings is 1. The SMILES string of the molecule is CN(C)c1ccc(-c2csc3c(=O)nc(N4CCOCC4)oc23)cc1. The predicted octanol–water partition coefficient (Wildman–Crippen LogP) is 2.82. The molecule has 0 unspecified atom stereocenters. The molecule has 1 aliphatic heterocycles. The highest BCUT2D eigenvalue weighted by Crippen LogP contribution is 2.34. The quantitative estimate of drug-likeness (QED) is 0.718. The number of rotatable bonds is 3. The van der Waals surface area contributed by atoms with Crippen LogP contribution in [0.15, 0.2) is 38.9 Å². The van der Waals surface area contributed by atoms with Crippen LogP contribution in [0.2, 0.25) is 0 Å². The molecule has 25 heavy (non-hydrogen) atoms. The van der Waals surface area contributed by atoms with Gasteiger partial charge in [0, 0.05) is 43.8 Å². The Labute approximate surface area is 149 Å². The third-order valence-electron chi connectivity index (χ3n) is 4.31. The molecular formula is C18H19N3O3S. The van der Waals surface area contributed by atoms with Crippen LogP contribution < -0.4 is 15.4 Å². The van der Waals surface area contributed by atoms with Gasteiger partial charge in [0.15, 0.2) is 5.58 Å². The molecule has 2 aromatic heterocycles. The van der Waals surface area contributed by atoms with E-state index in [4.69, 9.17) is 9.15 Å². The topological polar surface area (TPSA) is 58.8 Å². The van der Waals surface area contributed by atoms with Crippen molar-refractivity contribution < 1.29 is 9.15 Å². The van der Waals surface area contributed by atoms with Crippen molar-refractivity contribution in [3.05, 3.63) is 40.0 Å². The van der Waals surface area contributed by atoms with Gasteiger partial charge in [0.25, 0.3) is 5.56 Å². The summed E-state index contributed by atoms with van der Waals surface area (Å²) in [6, 6.07) is 8.59.